The highest BCUT2D eigenvalue weighted by atomic mass is 32.2. The molecule has 2 fully saturated rings. The number of benzene rings is 2. The van der Waals surface area contributed by atoms with E-state index < -0.39 is 49.5 Å². The zero-order valence-corrected chi connectivity index (χ0v) is 30.8. The van der Waals surface area contributed by atoms with Gasteiger partial charge < -0.3 is 23.9 Å². The van der Waals surface area contributed by atoms with Crippen LogP contribution in [0, 0.1) is 17.1 Å². The van der Waals surface area contributed by atoms with Gasteiger partial charge in [0.1, 0.15) is 28.3 Å². The molecule has 2 saturated heterocycles. The number of methoxy groups -OCH3 is 2. The van der Waals surface area contributed by atoms with Crippen molar-refractivity contribution in [1.82, 2.24) is 25.2 Å². The summed E-state index contributed by atoms with van der Waals surface area (Å²) in [6, 6.07) is 10.8. The maximum atomic E-state index is 15.5. The molecule has 1 unspecified atom stereocenters. The number of hydroxylamine groups is 2. The standard InChI is InChI=1S/C36H42FN7O8S/c1-5-41-14-11-25(12-15-41)42-16-18-43(19-17-42)52-35(46)40-36(27-8-7-13-39-33(27)51-6-2)28-20-24(23-38)29(37)22-30(28)44(34(36)45)53(47,48)32-10-9-26(49-3)21-31(32)50-4/h7-10,13,20-22,25H,5-6,11-12,14-19H2,1-4H3,(H,40,46). The molecule has 3 aliphatic heterocycles. The number of carbonyl (C=O) groups excluding carboxylic acids is 2. The molecule has 2 amide bonds. The summed E-state index contributed by atoms with van der Waals surface area (Å²) in [5.41, 5.74) is -3.65. The van der Waals surface area contributed by atoms with Crippen LogP contribution in [0.4, 0.5) is 14.9 Å². The van der Waals surface area contributed by atoms with Gasteiger partial charge in [-0.25, -0.2) is 22.6 Å². The molecule has 282 valence electrons. The van der Waals surface area contributed by atoms with Gasteiger partial charge in [-0.2, -0.15) is 9.57 Å². The summed E-state index contributed by atoms with van der Waals surface area (Å²) in [5, 5.41) is 14.0. The van der Waals surface area contributed by atoms with Gasteiger partial charge >= 0.3 is 6.09 Å². The number of hydrogen-bond donors (Lipinski definition) is 1. The second-order valence-electron chi connectivity index (χ2n) is 12.7. The number of nitrogens with one attached hydrogen (secondary N) is 1. The molecular weight excluding hydrogens is 710 g/mol. The van der Waals surface area contributed by atoms with E-state index in [1.807, 2.05) is 0 Å². The number of hydrogen-bond acceptors (Lipinski definition) is 13. The fourth-order valence-electron chi connectivity index (χ4n) is 7.25. The quantitative estimate of drug-likeness (QED) is 0.304. The first-order valence-corrected chi connectivity index (χ1v) is 18.8. The predicted molar refractivity (Wildman–Crippen MR) is 189 cm³/mol. The minimum absolute atomic E-state index is 0.0665. The smallest absolute Gasteiger partial charge is 0.427 e. The third-order valence-electron chi connectivity index (χ3n) is 9.97. The fraction of sp³-hybridized carbons (Fsp3) is 0.444. The lowest BCUT2D eigenvalue weighted by Crippen LogP contribution is -2.57. The number of amides is 2. The Balaban J connectivity index is 1.40. The van der Waals surface area contributed by atoms with E-state index in [1.54, 1.807) is 13.0 Å². The van der Waals surface area contributed by atoms with Crippen molar-refractivity contribution in [3.8, 4) is 23.4 Å². The molecule has 2 aromatic carbocycles. The fourth-order valence-corrected chi connectivity index (χ4v) is 8.85. The van der Waals surface area contributed by atoms with Gasteiger partial charge in [0.05, 0.1) is 37.6 Å². The SMILES string of the molecule is CCOc1ncccc1C1(NC(=O)ON2CCN(C3CCN(CC)CC3)CC2)C(=O)N(S(=O)(=O)c2ccc(OC)cc2OC)c2cc(F)c(C#N)cc21. The average molecular weight is 752 g/mol. The summed E-state index contributed by atoms with van der Waals surface area (Å²) in [4.78, 5) is 43.5. The minimum atomic E-state index is -4.91. The number of carbonyl (C=O) groups is 2. The van der Waals surface area contributed by atoms with Crippen molar-refractivity contribution in [2.24, 2.45) is 0 Å². The summed E-state index contributed by atoms with van der Waals surface area (Å²) >= 11 is 0. The number of aromatic nitrogens is 1. The van der Waals surface area contributed by atoms with E-state index in [9.17, 15) is 18.5 Å². The van der Waals surface area contributed by atoms with Crippen molar-refractivity contribution in [2.45, 2.75) is 43.2 Å². The van der Waals surface area contributed by atoms with Crippen molar-refractivity contribution in [3.05, 3.63) is 71.2 Å². The Morgan fingerprint density at radius 3 is 2.42 bits per heavy atom. The molecule has 15 nitrogen and oxygen atoms in total. The molecule has 0 spiro atoms. The molecule has 0 aliphatic carbocycles. The van der Waals surface area contributed by atoms with E-state index in [2.05, 4.69) is 27.0 Å². The second-order valence-corrected chi connectivity index (χ2v) is 14.5. The van der Waals surface area contributed by atoms with Crippen LogP contribution >= 0.6 is 0 Å². The normalized spacial score (nSPS) is 20.1. The van der Waals surface area contributed by atoms with Crippen LogP contribution in [0.15, 0.2) is 53.6 Å². The summed E-state index contributed by atoms with van der Waals surface area (Å²) in [5.74, 6) is -2.31. The summed E-state index contributed by atoms with van der Waals surface area (Å²) < 4.78 is 61.4. The van der Waals surface area contributed by atoms with Gasteiger partial charge in [0, 0.05) is 56.1 Å². The number of rotatable bonds is 11. The number of halogens is 1. The molecule has 53 heavy (non-hydrogen) atoms. The first-order chi connectivity index (χ1) is 25.5. The first-order valence-electron chi connectivity index (χ1n) is 17.4. The Labute approximate surface area is 307 Å². The highest BCUT2D eigenvalue weighted by Gasteiger charge is 2.60. The molecule has 4 heterocycles. The third kappa shape index (κ3) is 6.95. The molecule has 3 aromatic rings. The molecule has 0 bridgehead atoms. The number of pyridine rings is 1. The number of fused-ring (bicyclic) bond motifs is 1. The van der Waals surface area contributed by atoms with Crippen LogP contribution in [0.25, 0.3) is 0 Å². The number of ether oxygens (including phenoxy) is 3. The first kappa shape index (κ1) is 37.7. The summed E-state index contributed by atoms with van der Waals surface area (Å²) in [6.07, 6.45) is 2.41. The van der Waals surface area contributed by atoms with Gasteiger partial charge in [-0.15, -0.1) is 5.06 Å². The molecule has 6 rings (SSSR count). The number of nitriles is 1. The van der Waals surface area contributed by atoms with Crippen molar-refractivity contribution < 1.29 is 41.4 Å². The van der Waals surface area contributed by atoms with E-state index >= 15 is 9.18 Å². The number of piperazine rings is 1. The molecule has 1 N–H and O–H groups in total. The molecular formula is C36H42FN7O8S. The molecule has 3 aliphatic rings. The van der Waals surface area contributed by atoms with Crippen LogP contribution < -0.4 is 23.8 Å². The van der Waals surface area contributed by atoms with Crippen molar-refractivity contribution >= 4 is 27.7 Å². The Kier molecular flexibility index (Phi) is 11.1. The molecule has 0 saturated carbocycles. The van der Waals surface area contributed by atoms with Gasteiger partial charge in [0.25, 0.3) is 15.9 Å². The van der Waals surface area contributed by atoms with E-state index in [1.165, 1.54) is 55.8 Å². The van der Waals surface area contributed by atoms with Gasteiger partial charge in [0.2, 0.25) is 5.88 Å². The lowest BCUT2D eigenvalue weighted by molar-refractivity contribution is -0.134. The topological polar surface area (TPSA) is 167 Å². The number of likely N-dealkylation sites (tertiary alicyclic amines) is 1. The van der Waals surface area contributed by atoms with Crippen LogP contribution in [0.2, 0.25) is 0 Å². The monoisotopic (exact) mass is 751 g/mol. The maximum absolute atomic E-state index is 15.5. The number of piperidine rings is 1. The van der Waals surface area contributed by atoms with E-state index in [4.69, 9.17) is 19.0 Å². The minimum Gasteiger partial charge on any atom is -0.497 e. The Morgan fingerprint density at radius 1 is 1.04 bits per heavy atom. The molecule has 0 radical (unpaired) electrons. The number of anilines is 1. The number of nitrogens with zero attached hydrogens (tertiary/aromatic N) is 6. The van der Waals surface area contributed by atoms with E-state index in [0.29, 0.717) is 36.5 Å². The van der Waals surface area contributed by atoms with Gasteiger partial charge in [-0.1, -0.05) is 6.92 Å². The maximum Gasteiger partial charge on any atom is 0.427 e. The molecule has 1 atom stereocenters. The third-order valence-corrected chi connectivity index (χ3v) is 11.7. The van der Waals surface area contributed by atoms with Crippen LogP contribution in [0.5, 0.6) is 17.4 Å². The van der Waals surface area contributed by atoms with E-state index in [-0.39, 0.29) is 35.1 Å². The largest absolute Gasteiger partial charge is 0.497 e. The highest BCUT2D eigenvalue weighted by molar-refractivity contribution is 7.93. The van der Waals surface area contributed by atoms with Crippen LogP contribution in [0.1, 0.15) is 43.4 Å². The highest BCUT2D eigenvalue weighted by Crippen LogP contribution is 2.50. The van der Waals surface area contributed by atoms with Crippen LogP contribution in [-0.2, 0) is 25.2 Å². The zero-order valence-electron chi connectivity index (χ0n) is 30.0. The predicted octanol–water partition coefficient (Wildman–Crippen LogP) is 3.23. The summed E-state index contributed by atoms with van der Waals surface area (Å²) in [6.45, 7) is 9.08. The molecule has 1 aromatic heterocycles. The van der Waals surface area contributed by atoms with Crippen LogP contribution in [0.3, 0.4) is 0 Å². The van der Waals surface area contributed by atoms with Crippen molar-refractivity contribution in [2.75, 3.05) is 70.9 Å². The zero-order chi connectivity index (χ0) is 37.9. The van der Waals surface area contributed by atoms with Gasteiger partial charge in [-0.3, -0.25) is 15.0 Å². The average Bonchev–Trinajstić information content (AvgIpc) is 3.41. The Hall–Kier alpha value is -5.02. The summed E-state index contributed by atoms with van der Waals surface area (Å²) in [7, 11) is -2.28. The lowest BCUT2D eigenvalue weighted by Gasteiger charge is -2.42. The van der Waals surface area contributed by atoms with Gasteiger partial charge in [-0.05, 0) is 69.7 Å². The Morgan fingerprint density at radius 2 is 1.77 bits per heavy atom. The Bertz CT molecular complexity index is 2010. The second kappa shape index (κ2) is 15.5. The lowest BCUT2D eigenvalue weighted by atomic mass is 9.83. The van der Waals surface area contributed by atoms with Crippen molar-refractivity contribution in [1.29, 1.82) is 5.26 Å². The number of sulfonamides is 1. The van der Waals surface area contributed by atoms with Gasteiger partial charge in [0.15, 0.2) is 5.54 Å². The van der Waals surface area contributed by atoms with Crippen LogP contribution in [-0.4, -0.2) is 113 Å². The molecule has 17 heteroatoms. The van der Waals surface area contributed by atoms with E-state index in [0.717, 1.165) is 44.6 Å². The van der Waals surface area contributed by atoms with Crippen molar-refractivity contribution in [3.63, 3.8) is 0 Å².